The van der Waals surface area contributed by atoms with Crippen molar-refractivity contribution in [3.63, 3.8) is 0 Å². The Hall–Kier alpha value is -1.00. The van der Waals surface area contributed by atoms with E-state index >= 15 is 0 Å². The van der Waals surface area contributed by atoms with Crippen LogP contribution in [0.4, 0.5) is 0 Å². The molecule has 0 fully saturated rings. The maximum Gasteiger partial charge on any atom is 0.159 e. The first kappa shape index (κ1) is 11.5. The molecule has 1 heterocycles. The molecule has 0 atom stereocenters. The highest BCUT2D eigenvalue weighted by molar-refractivity contribution is 8.09. The van der Waals surface area contributed by atoms with Gasteiger partial charge in [-0.25, -0.2) is 9.97 Å². The maximum absolute atomic E-state index is 4.29. The summed E-state index contributed by atoms with van der Waals surface area (Å²) in [5, 5.41) is 0.792. The number of aromatic nitrogens is 2. The summed E-state index contributed by atoms with van der Waals surface area (Å²) in [6.45, 7) is 1.98. The molecule has 1 aromatic heterocycles. The Labute approximate surface area is 105 Å². The summed E-state index contributed by atoms with van der Waals surface area (Å²) in [6.07, 6.45) is 3.66. The minimum atomic E-state index is 0.771. The predicted octanol–water partition coefficient (Wildman–Crippen LogP) is 3.43. The lowest BCUT2D eigenvalue weighted by atomic mass is 10.2. The first-order valence-electron chi connectivity index (χ1n) is 4.92. The smallest absolute Gasteiger partial charge is 0.159 e. The Bertz CT molecular complexity index is 451. The van der Waals surface area contributed by atoms with Gasteiger partial charge in [0, 0.05) is 27.9 Å². The highest BCUT2D eigenvalue weighted by atomic mass is 32.2. The highest BCUT2D eigenvalue weighted by Gasteiger charge is 2.00. The molecule has 0 aliphatic rings. The van der Waals surface area contributed by atoms with E-state index in [1.165, 1.54) is 4.90 Å². The largest absolute Gasteiger partial charge is 0.236 e. The molecule has 0 aliphatic heterocycles. The van der Waals surface area contributed by atoms with Crippen molar-refractivity contribution in [2.45, 2.75) is 11.8 Å². The van der Waals surface area contributed by atoms with Crippen LogP contribution in [-0.4, -0.2) is 15.1 Å². The van der Waals surface area contributed by atoms with E-state index in [1.807, 2.05) is 31.5 Å². The molecule has 0 radical (unpaired) electrons. The first-order chi connectivity index (χ1) is 7.79. The second-order valence-corrected chi connectivity index (χ2v) is 5.17. The fraction of sp³-hybridized carbons (Fsp3) is 0.167. The highest BCUT2D eigenvalue weighted by Crippen LogP contribution is 2.22. The Morgan fingerprint density at radius 2 is 1.75 bits per heavy atom. The van der Waals surface area contributed by atoms with Crippen LogP contribution < -0.4 is 0 Å². The summed E-state index contributed by atoms with van der Waals surface area (Å²) < 4.78 is 0. The van der Waals surface area contributed by atoms with Gasteiger partial charge in [0.25, 0.3) is 0 Å². The summed E-state index contributed by atoms with van der Waals surface area (Å²) in [4.78, 5) is 9.80. The summed E-state index contributed by atoms with van der Waals surface area (Å²) >= 11 is 5.88. The summed E-state index contributed by atoms with van der Waals surface area (Å²) in [5.41, 5.74) is 2.12. The van der Waals surface area contributed by atoms with Gasteiger partial charge in [0.2, 0.25) is 0 Å². The van der Waals surface area contributed by atoms with Crippen molar-refractivity contribution in [2.75, 3.05) is 5.08 Å². The van der Waals surface area contributed by atoms with Crippen LogP contribution in [0.15, 0.2) is 41.6 Å². The Morgan fingerprint density at radius 3 is 2.31 bits per heavy atom. The van der Waals surface area contributed by atoms with E-state index in [0.717, 1.165) is 22.0 Å². The molecule has 0 saturated heterocycles. The first-order valence-corrected chi connectivity index (χ1v) is 6.54. The van der Waals surface area contributed by atoms with Gasteiger partial charge in [-0.3, -0.25) is 0 Å². The average Bonchev–Trinajstić information content (AvgIpc) is 2.32. The Balaban J connectivity index is 2.24. The maximum atomic E-state index is 4.29. The Kier molecular flexibility index (Phi) is 3.85. The van der Waals surface area contributed by atoms with Gasteiger partial charge in [-0.15, -0.1) is 11.8 Å². The zero-order chi connectivity index (χ0) is 11.4. The van der Waals surface area contributed by atoms with Crippen LogP contribution in [-0.2, 0) is 0 Å². The second kappa shape index (κ2) is 5.37. The molecule has 0 aliphatic carbocycles. The van der Waals surface area contributed by atoms with Crippen molar-refractivity contribution in [3.8, 4) is 11.4 Å². The third-order valence-electron chi connectivity index (χ3n) is 2.12. The number of rotatable bonds is 3. The molecule has 2 rings (SSSR count). The van der Waals surface area contributed by atoms with E-state index in [1.54, 1.807) is 11.8 Å². The molecule has 82 valence electrons. The number of hydrogen-bond acceptors (Lipinski definition) is 4. The molecule has 2 nitrogen and oxygen atoms in total. The van der Waals surface area contributed by atoms with E-state index in [0.29, 0.717) is 0 Å². The van der Waals surface area contributed by atoms with Gasteiger partial charge in [-0.05, 0) is 24.6 Å². The predicted molar refractivity (Wildman–Crippen MR) is 71.9 cm³/mol. The van der Waals surface area contributed by atoms with Crippen LogP contribution in [0.5, 0.6) is 0 Å². The Morgan fingerprint density at radius 1 is 1.12 bits per heavy atom. The van der Waals surface area contributed by atoms with Crippen molar-refractivity contribution < 1.29 is 0 Å². The number of hydrogen-bond donors (Lipinski definition) is 1. The van der Waals surface area contributed by atoms with Gasteiger partial charge in [-0.1, -0.05) is 12.1 Å². The standard InChI is InChI=1S/C12H12N2S2/c1-9-6-13-12(14-7-9)10-2-4-11(5-3-10)16-8-15/h2-7,15H,8H2,1H3. The van der Waals surface area contributed by atoms with Crippen LogP contribution in [0.3, 0.4) is 0 Å². The van der Waals surface area contributed by atoms with Crippen molar-refractivity contribution in [3.05, 3.63) is 42.2 Å². The van der Waals surface area contributed by atoms with Crippen LogP contribution in [0.25, 0.3) is 11.4 Å². The number of thiol groups is 1. The minimum Gasteiger partial charge on any atom is -0.236 e. The molecule has 0 saturated carbocycles. The monoisotopic (exact) mass is 248 g/mol. The lowest BCUT2D eigenvalue weighted by molar-refractivity contribution is 1.14. The van der Waals surface area contributed by atoms with Gasteiger partial charge in [0.05, 0.1) is 0 Å². The molecule has 0 bridgehead atoms. The van der Waals surface area contributed by atoms with E-state index < -0.39 is 0 Å². The summed E-state index contributed by atoms with van der Waals surface area (Å²) in [7, 11) is 0. The zero-order valence-corrected chi connectivity index (χ0v) is 10.6. The van der Waals surface area contributed by atoms with Crippen LogP contribution in [0.1, 0.15) is 5.56 Å². The molecular formula is C12H12N2S2. The third kappa shape index (κ3) is 2.77. The summed E-state index contributed by atoms with van der Waals surface area (Å²) in [5.74, 6) is 0.771. The SMILES string of the molecule is Cc1cnc(-c2ccc(SCS)cc2)nc1. The molecule has 0 amide bonds. The van der Waals surface area contributed by atoms with Gasteiger partial charge < -0.3 is 0 Å². The van der Waals surface area contributed by atoms with Crippen LogP contribution in [0, 0.1) is 6.92 Å². The van der Waals surface area contributed by atoms with Gasteiger partial charge in [0.1, 0.15) is 0 Å². The van der Waals surface area contributed by atoms with Crippen LogP contribution >= 0.6 is 24.4 Å². The number of thioether (sulfide) groups is 1. The fourth-order valence-corrected chi connectivity index (χ4v) is 2.24. The molecule has 4 heteroatoms. The second-order valence-electron chi connectivity index (χ2n) is 3.38. The normalized spacial score (nSPS) is 10.4. The molecule has 16 heavy (non-hydrogen) atoms. The molecule has 1 aromatic carbocycles. The third-order valence-corrected chi connectivity index (χ3v) is 3.25. The number of nitrogens with zero attached hydrogens (tertiary/aromatic N) is 2. The minimum absolute atomic E-state index is 0.771. The van der Waals surface area contributed by atoms with Gasteiger partial charge in [0.15, 0.2) is 5.82 Å². The fourth-order valence-electron chi connectivity index (χ4n) is 1.32. The van der Waals surface area contributed by atoms with Crippen molar-refractivity contribution in [2.24, 2.45) is 0 Å². The van der Waals surface area contributed by atoms with E-state index in [4.69, 9.17) is 0 Å². The van der Waals surface area contributed by atoms with Crippen molar-refractivity contribution in [1.82, 2.24) is 9.97 Å². The summed E-state index contributed by atoms with van der Waals surface area (Å²) in [6, 6.07) is 8.21. The number of aryl methyl sites for hydroxylation is 1. The average molecular weight is 248 g/mol. The van der Waals surface area contributed by atoms with Crippen molar-refractivity contribution >= 4 is 24.4 Å². The van der Waals surface area contributed by atoms with Crippen LogP contribution in [0.2, 0.25) is 0 Å². The molecule has 0 N–H and O–H groups in total. The molecular weight excluding hydrogens is 236 g/mol. The van der Waals surface area contributed by atoms with Gasteiger partial charge >= 0.3 is 0 Å². The van der Waals surface area contributed by atoms with Crippen molar-refractivity contribution in [1.29, 1.82) is 0 Å². The molecule has 0 spiro atoms. The lowest BCUT2D eigenvalue weighted by Gasteiger charge is -2.02. The zero-order valence-electron chi connectivity index (χ0n) is 8.92. The number of benzene rings is 1. The quantitative estimate of drug-likeness (QED) is 0.512. The van der Waals surface area contributed by atoms with E-state index in [-0.39, 0.29) is 0 Å². The topological polar surface area (TPSA) is 25.8 Å². The van der Waals surface area contributed by atoms with E-state index in [2.05, 4.69) is 34.7 Å². The lowest BCUT2D eigenvalue weighted by Crippen LogP contribution is -1.88. The van der Waals surface area contributed by atoms with E-state index in [9.17, 15) is 0 Å². The molecule has 2 aromatic rings. The molecule has 0 unspecified atom stereocenters. The van der Waals surface area contributed by atoms with Gasteiger partial charge in [-0.2, -0.15) is 12.6 Å².